The SMILES string of the molecule is CCOC(=O)CC(=O)[C@@H]1CCN(C(=O)OC)[C@@H](CCc2ccc(F)cc2)C1. The number of methoxy groups -OCH3 is 1. The molecule has 0 aromatic heterocycles. The predicted octanol–water partition coefficient (Wildman–Crippen LogP) is 3.13. The van der Waals surface area contributed by atoms with E-state index in [0.29, 0.717) is 32.2 Å². The van der Waals surface area contributed by atoms with Gasteiger partial charge in [-0.05, 0) is 50.3 Å². The summed E-state index contributed by atoms with van der Waals surface area (Å²) in [5.41, 5.74) is 0.959. The predicted molar refractivity (Wildman–Crippen MR) is 96.6 cm³/mol. The molecule has 27 heavy (non-hydrogen) atoms. The lowest BCUT2D eigenvalue weighted by molar-refractivity contribution is -0.146. The number of carbonyl (C=O) groups excluding carboxylic acids is 3. The number of hydrogen-bond donors (Lipinski definition) is 0. The Labute approximate surface area is 158 Å². The van der Waals surface area contributed by atoms with Crippen LogP contribution in [0.15, 0.2) is 24.3 Å². The van der Waals surface area contributed by atoms with Crippen molar-refractivity contribution in [1.82, 2.24) is 4.90 Å². The minimum atomic E-state index is -0.513. The van der Waals surface area contributed by atoms with Crippen molar-refractivity contribution >= 4 is 17.8 Å². The van der Waals surface area contributed by atoms with E-state index in [4.69, 9.17) is 9.47 Å². The molecule has 7 heteroatoms. The second kappa shape index (κ2) is 10.0. The van der Waals surface area contributed by atoms with Crippen LogP contribution in [0.3, 0.4) is 0 Å². The molecule has 0 saturated carbocycles. The lowest BCUT2D eigenvalue weighted by Gasteiger charge is -2.38. The van der Waals surface area contributed by atoms with E-state index < -0.39 is 12.1 Å². The minimum Gasteiger partial charge on any atom is -0.466 e. The molecule has 6 nitrogen and oxygen atoms in total. The molecule has 1 amide bonds. The van der Waals surface area contributed by atoms with Crippen LogP contribution in [-0.4, -0.2) is 49.0 Å². The van der Waals surface area contributed by atoms with E-state index in [-0.39, 0.29) is 36.6 Å². The van der Waals surface area contributed by atoms with Crippen LogP contribution in [0.5, 0.6) is 0 Å². The number of likely N-dealkylation sites (tertiary alicyclic amines) is 1. The molecule has 0 unspecified atom stereocenters. The topological polar surface area (TPSA) is 72.9 Å². The Bertz CT molecular complexity index is 661. The molecule has 0 spiro atoms. The lowest BCUT2D eigenvalue weighted by Crippen LogP contribution is -2.47. The van der Waals surface area contributed by atoms with Crippen LogP contribution in [0.4, 0.5) is 9.18 Å². The van der Waals surface area contributed by atoms with Crippen molar-refractivity contribution in [1.29, 1.82) is 0 Å². The van der Waals surface area contributed by atoms with Gasteiger partial charge < -0.3 is 14.4 Å². The van der Waals surface area contributed by atoms with Gasteiger partial charge >= 0.3 is 12.1 Å². The number of ketones is 1. The number of hydrogen-bond acceptors (Lipinski definition) is 5. The van der Waals surface area contributed by atoms with Crippen molar-refractivity contribution in [2.24, 2.45) is 5.92 Å². The van der Waals surface area contributed by atoms with Crippen LogP contribution in [0.2, 0.25) is 0 Å². The van der Waals surface area contributed by atoms with Crippen LogP contribution in [0, 0.1) is 11.7 Å². The van der Waals surface area contributed by atoms with Crippen molar-refractivity contribution in [3.63, 3.8) is 0 Å². The highest BCUT2D eigenvalue weighted by Gasteiger charge is 2.35. The molecule has 1 heterocycles. The summed E-state index contributed by atoms with van der Waals surface area (Å²) >= 11 is 0. The number of aryl methyl sites for hydroxylation is 1. The van der Waals surface area contributed by atoms with Crippen LogP contribution in [-0.2, 0) is 25.5 Å². The van der Waals surface area contributed by atoms with Gasteiger partial charge in [0.25, 0.3) is 0 Å². The monoisotopic (exact) mass is 379 g/mol. The van der Waals surface area contributed by atoms with Crippen molar-refractivity contribution in [3.05, 3.63) is 35.6 Å². The second-order valence-corrected chi connectivity index (χ2v) is 6.65. The van der Waals surface area contributed by atoms with E-state index in [1.807, 2.05) is 0 Å². The van der Waals surface area contributed by atoms with Crippen LogP contribution >= 0.6 is 0 Å². The number of Topliss-reactive ketones (excluding diaryl/α,β-unsaturated/α-hetero) is 1. The summed E-state index contributed by atoms with van der Waals surface area (Å²) in [6.45, 7) is 2.34. The molecular weight excluding hydrogens is 353 g/mol. The number of nitrogens with zero attached hydrogens (tertiary/aromatic N) is 1. The summed E-state index contributed by atoms with van der Waals surface area (Å²) in [5.74, 6) is -1.24. The highest BCUT2D eigenvalue weighted by molar-refractivity contribution is 5.96. The molecule has 2 rings (SSSR count). The molecule has 1 aliphatic rings. The average Bonchev–Trinajstić information content (AvgIpc) is 2.66. The largest absolute Gasteiger partial charge is 0.466 e. The van der Waals surface area contributed by atoms with E-state index in [2.05, 4.69) is 0 Å². The molecule has 0 bridgehead atoms. The molecule has 1 aliphatic heterocycles. The third kappa shape index (κ3) is 6.05. The van der Waals surface area contributed by atoms with Gasteiger partial charge in [-0.3, -0.25) is 9.59 Å². The highest BCUT2D eigenvalue weighted by atomic mass is 19.1. The Kier molecular flexibility index (Phi) is 7.76. The van der Waals surface area contributed by atoms with Gasteiger partial charge in [0.05, 0.1) is 13.7 Å². The van der Waals surface area contributed by atoms with Gasteiger partial charge in [0.1, 0.15) is 18.0 Å². The Hall–Kier alpha value is -2.44. The number of rotatable bonds is 7. The number of piperidine rings is 1. The van der Waals surface area contributed by atoms with Crippen molar-refractivity contribution in [2.75, 3.05) is 20.3 Å². The first-order valence-corrected chi connectivity index (χ1v) is 9.22. The zero-order valence-corrected chi connectivity index (χ0v) is 15.8. The molecule has 1 aromatic carbocycles. The molecule has 0 radical (unpaired) electrons. The van der Waals surface area contributed by atoms with E-state index in [9.17, 15) is 18.8 Å². The van der Waals surface area contributed by atoms with E-state index in [1.54, 1.807) is 24.0 Å². The molecule has 0 N–H and O–H groups in total. The Morgan fingerprint density at radius 3 is 2.56 bits per heavy atom. The molecular formula is C20H26FNO5. The maximum absolute atomic E-state index is 13.0. The fourth-order valence-electron chi connectivity index (χ4n) is 3.46. The molecule has 148 valence electrons. The first-order chi connectivity index (χ1) is 12.9. The summed E-state index contributed by atoms with van der Waals surface area (Å²) < 4.78 is 22.8. The summed E-state index contributed by atoms with van der Waals surface area (Å²) in [5, 5.41) is 0. The lowest BCUT2D eigenvalue weighted by atomic mass is 9.84. The molecule has 2 atom stereocenters. The normalized spacial score (nSPS) is 19.4. The first-order valence-electron chi connectivity index (χ1n) is 9.22. The summed E-state index contributed by atoms with van der Waals surface area (Å²) in [4.78, 5) is 37.7. The molecule has 1 fully saturated rings. The maximum Gasteiger partial charge on any atom is 0.409 e. The van der Waals surface area contributed by atoms with E-state index in [1.165, 1.54) is 19.2 Å². The van der Waals surface area contributed by atoms with Gasteiger partial charge in [-0.1, -0.05) is 12.1 Å². The van der Waals surface area contributed by atoms with Gasteiger partial charge in [0.2, 0.25) is 0 Å². The quantitative estimate of drug-likeness (QED) is 0.538. The van der Waals surface area contributed by atoms with Crippen LogP contribution in [0.25, 0.3) is 0 Å². The van der Waals surface area contributed by atoms with E-state index in [0.717, 1.165) is 5.56 Å². The molecule has 1 aromatic rings. The Morgan fingerprint density at radius 1 is 1.22 bits per heavy atom. The van der Waals surface area contributed by atoms with Gasteiger partial charge in [-0.15, -0.1) is 0 Å². The second-order valence-electron chi connectivity index (χ2n) is 6.65. The molecule has 0 aliphatic carbocycles. The number of amides is 1. The first kappa shape index (κ1) is 20.9. The zero-order valence-electron chi connectivity index (χ0n) is 15.8. The fourth-order valence-corrected chi connectivity index (χ4v) is 3.46. The van der Waals surface area contributed by atoms with Crippen molar-refractivity contribution < 1.29 is 28.2 Å². The standard InChI is InChI=1S/C20H26FNO5/c1-3-27-19(24)13-18(23)15-10-11-22(20(25)26-2)17(12-15)9-6-14-4-7-16(21)8-5-14/h4-5,7-8,15,17H,3,6,9-13H2,1-2H3/t15-,17+/m1/s1. The fraction of sp³-hybridized carbons (Fsp3) is 0.550. The minimum absolute atomic E-state index is 0.148. The van der Waals surface area contributed by atoms with Crippen molar-refractivity contribution in [2.45, 2.75) is 45.1 Å². The highest BCUT2D eigenvalue weighted by Crippen LogP contribution is 2.28. The van der Waals surface area contributed by atoms with Gasteiger partial charge in [-0.2, -0.15) is 0 Å². The zero-order chi connectivity index (χ0) is 19.8. The molecule has 1 saturated heterocycles. The van der Waals surface area contributed by atoms with Gasteiger partial charge in [-0.25, -0.2) is 9.18 Å². The van der Waals surface area contributed by atoms with Crippen LogP contribution < -0.4 is 0 Å². The summed E-state index contributed by atoms with van der Waals surface area (Å²) in [6, 6.07) is 6.06. The number of benzene rings is 1. The van der Waals surface area contributed by atoms with Crippen LogP contribution in [0.1, 0.15) is 38.2 Å². The maximum atomic E-state index is 13.0. The average molecular weight is 379 g/mol. The third-order valence-electron chi connectivity index (χ3n) is 4.88. The van der Waals surface area contributed by atoms with Gasteiger partial charge in [0, 0.05) is 18.5 Å². The number of halogens is 1. The van der Waals surface area contributed by atoms with Crippen molar-refractivity contribution in [3.8, 4) is 0 Å². The number of esters is 1. The van der Waals surface area contributed by atoms with E-state index >= 15 is 0 Å². The number of ether oxygens (including phenoxy) is 2. The van der Waals surface area contributed by atoms with Gasteiger partial charge in [0.15, 0.2) is 0 Å². The third-order valence-corrected chi connectivity index (χ3v) is 4.88. The number of carbonyl (C=O) groups is 3. The Balaban J connectivity index is 2.01. The Morgan fingerprint density at radius 2 is 1.93 bits per heavy atom. The smallest absolute Gasteiger partial charge is 0.409 e. The summed E-state index contributed by atoms with van der Waals surface area (Å²) in [7, 11) is 1.33. The summed E-state index contributed by atoms with van der Waals surface area (Å²) in [6.07, 6.45) is 1.60.